The van der Waals surface area contributed by atoms with Crippen molar-refractivity contribution in [2.45, 2.75) is 19.4 Å². The Morgan fingerprint density at radius 3 is 2.71 bits per heavy atom. The maximum atomic E-state index is 13.0. The number of halogens is 1. The Bertz CT molecular complexity index is 963. The highest BCUT2D eigenvalue weighted by molar-refractivity contribution is 5.98. The number of hydrogen-bond acceptors (Lipinski definition) is 2. The third-order valence-corrected chi connectivity index (χ3v) is 5.22. The molecular formula is C22H22FN3O2. The number of para-hydroxylation sites is 1. The van der Waals surface area contributed by atoms with E-state index in [0.717, 1.165) is 29.3 Å². The van der Waals surface area contributed by atoms with Crippen LogP contribution in [0.2, 0.25) is 0 Å². The lowest BCUT2D eigenvalue weighted by Crippen LogP contribution is -2.45. The van der Waals surface area contributed by atoms with E-state index in [-0.39, 0.29) is 23.5 Å². The Balaban J connectivity index is 1.38. The zero-order valence-corrected chi connectivity index (χ0v) is 15.5. The highest BCUT2D eigenvalue weighted by atomic mass is 19.1. The molecule has 4 rings (SSSR count). The summed E-state index contributed by atoms with van der Waals surface area (Å²) in [7, 11) is 0. The van der Waals surface area contributed by atoms with Crippen LogP contribution in [-0.4, -0.2) is 34.8 Å². The summed E-state index contributed by atoms with van der Waals surface area (Å²) in [4.78, 5) is 30.3. The molecule has 1 aromatic heterocycles. The average Bonchev–Trinajstić information content (AvgIpc) is 3.17. The van der Waals surface area contributed by atoms with Gasteiger partial charge in [-0.3, -0.25) is 9.59 Å². The van der Waals surface area contributed by atoms with Gasteiger partial charge in [0.05, 0.1) is 5.92 Å². The lowest BCUT2D eigenvalue weighted by Gasteiger charge is -2.31. The first kappa shape index (κ1) is 18.2. The summed E-state index contributed by atoms with van der Waals surface area (Å²) in [5.74, 6) is -0.679. The second-order valence-corrected chi connectivity index (χ2v) is 7.20. The molecule has 0 saturated carbocycles. The summed E-state index contributed by atoms with van der Waals surface area (Å²) >= 11 is 0. The summed E-state index contributed by atoms with van der Waals surface area (Å²) in [5.41, 5.74) is 2.32. The predicted octanol–water partition coefficient (Wildman–Crippen LogP) is 3.48. The van der Waals surface area contributed by atoms with Crippen molar-refractivity contribution < 1.29 is 14.0 Å². The zero-order chi connectivity index (χ0) is 19.5. The second-order valence-electron chi connectivity index (χ2n) is 7.20. The molecule has 2 N–H and O–H groups in total. The topological polar surface area (TPSA) is 65.2 Å². The number of benzene rings is 2. The minimum atomic E-state index is -0.298. The molecule has 6 heteroatoms. The van der Waals surface area contributed by atoms with Crippen molar-refractivity contribution in [3.63, 3.8) is 0 Å². The van der Waals surface area contributed by atoms with Crippen LogP contribution in [0.25, 0.3) is 10.9 Å². The van der Waals surface area contributed by atoms with Gasteiger partial charge >= 0.3 is 0 Å². The molecule has 1 saturated heterocycles. The first-order valence-corrected chi connectivity index (χ1v) is 9.49. The number of carbonyl (C=O) groups is 2. The molecule has 1 atom stereocenters. The number of piperidine rings is 1. The summed E-state index contributed by atoms with van der Waals surface area (Å²) in [5, 5.41) is 3.90. The van der Waals surface area contributed by atoms with E-state index in [1.807, 2.05) is 30.3 Å². The van der Waals surface area contributed by atoms with E-state index < -0.39 is 0 Å². The number of carbonyl (C=O) groups excluding carboxylic acids is 2. The first-order valence-electron chi connectivity index (χ1n) is 9.49. The van der Waals surface area contributed by atoms with Crippen molar-refractivity contribution in [1.29, 1.82) is 0 Å². The molecule has 0 bridgehead atoms. The normalized spacial score (nSPS) is 16.9. The van der Waals surface area contributed by atoms with Gasteiger partial charge in [-0.1, -0.05) is 30.3 Å². The van der Waals surface area contributed by atoms with Crippen LogP contribution in [0.4, 0.5) is 4.39 Å². The molecule has 2 aromatic carbocycles. The quantitative estimate of drug-likeness (QED) is 0.729. The van der Waals surface area contributed by atoms with E-state index in [9.17, 15) is 14.0 Å². The number of nitrogens with zero attached hydrogens (tertiary/aromatic N) is 1. The van der Waals surface area contributed by atoms with Crippen LogP contribution in [-0.2, 0) is 11.3 Å². The van der Waals surface area contributed by atoms with Crippen LogP contribution in [0, 0.1) is 11.7 Å². The van der Waals surface area contributed by atoms with Gasteiger partial charge in [-0.15, -0.1) is 0 Å². The maximum absolute atomic E-state index is 13.0. The number of fused-ring (bicyclic) bond motifs is 1. The van der Waals surface area contributed by atoms with E-state index >= 15 is 0 Å². The molecular weight excluding hydrogens is 357 g/mol. The highest BCUT2D eigenvalue weighted by Crippen LogP contribution is 2.21. The van der Waals surface area contributed by atoms with Gasteiger partial charge in [0, 0.05) is 30.5 Å². The van der Waals surface area contributed by atoms with Gasteiger partial charge in [-0.05, 0) is 42.7 Å². The lowest BCUT2D eigenvalue weighted by atomic mass is 9.96. The Morgan fingerprint density at radius 2 is 1.93 bits per heavy atom. The van der Waals surface area contributed by atoms with E-state index in [1.165, 1.54) is 12.1 Å². The molecule has 5 nitrogen and oxygen atoms in total. The van der Waals surface area contributed by atoms with Gasteiger partial charge in [0.15, 0.2) is 0 Å². The van der Waals surface area contributed by atoms with Gasteiger partial charge in [0.1, 0.15) is 11.5 Å². The van der Waals surface area contributed by atoms with Crippen LogP contribution in [0.1, 0.15) is 28.9 Å². The number of nitrogens with one attached hydrogen (secondary N) is 2. The van der Waals surface area contributed by atoms with Crippen molar-refractivity contribution >= 4 is 22.7 Å². The number of aromatic amines is 1. The molecule has 2 heterocycles. The fourth-order valence-corrected chi connectivity index (χ4v) is 3.67. The smallest absolute Gasteiger partial charge is 0.270 e. The van der Waals surface area contributed by atoms with Crippen LogP contribution in [0.5, 0.6) is 0 Å². The third kappa shape index (κ3) is 3.91. The molecule has 0 spiro atoms. The van der Waals surface area contributed by atoms with Gasteiger partial charge in [-0.2, -0.15) is 0 Å². The van der Waals surface area contributed by atoms with Crippen LogP contribution in [0.3, 0.4) is 0 Å². The molecule has 3 aromatic rings. The van der Waals surface area contributed by atoms with Crippen LogP contribution < -0.4 is 5.32 Å². The van der Waals surface area contributed by atoms with Crippen molar-refractivity contribution in [2.75, 3.05) is 13.1 Å². The minimum Gasteiger partial charge on any atom is -0.352 e. The van der Waals surface area contributed by atoms with Crippen molar-refractivity contribution in [3.8, 4) is 0 Å². The van der Waals surface area contributed by atoms with E-state index in [1.54, 1.807) is 17.0 Å². The maximum Gasteiger partial charge on any atom is 0.270 e. The zero-order valence-electron chi connectivity index (χ0n) is 15.5. The Morgan fingerprint density at radius 1 is 1.14 bits per heavy atom. The number of aromatic nitrogens is 1. The van der Waals surface area contributed by atoms with Crippen LogP contribution in [0.15, 0.2) is 54.6 Å². The Labute approximate surface area is 162 Å². The number of H-pyrrole nitrogens is 1. The highest BCUT2D eigenvalue weighted by Gasteiger charge is 2.29. The fraction of sp³-hybridized carbons (Fsp3) is 0.273. The van der Waals surface area contributed by atoms with Gasteiger partial charge in [-0.25, -0.2) is 4.39 Å². The molecule has 1 aliphatic heterocycles. The molecule has 144 valence electrons. The molecule has 0 radical (unpaired) electrons. The van der Waals surface area contributed by atoms with Crippen LogP contribution >= 0.6 is 0 Å². The molecule has 0 aliphatic carbocycles. The summed E-state index contributed by atoms with van der Waals surface area (Å²) in [6.45, 7) is 1.41. The molecule has 2 amide bonds. The molecule has 0 unspecified atom stereocenters. The number of rotatable bonds is 4. The minimum absolute atomic E-state index is 0.0709. The van der Waals surface area contributed by atoms with Gasteiger partial charge < -0.3 is 15.2 Å². The monoisotopic (exact) mass is 379 g/mol. The van der Waals surface area contributed by atoms with Crippen molar-refractivity contribution in [3.05, 3.63) is 71.7 Å². The summed E-state index contributed by atoms with van der Waals surface area (Å²) < 4.78 is 13.0. The third-order valence-electron chi connectivity index (χ3n) is 5.22. The SMILES string of the molecule is O=C(NCc1ccc(F)cc1)[C@H]1CCCN(C(=O)c2cc3ccccc3[nH]2)C1. The number of likely N-dealkylation sites (tertiary alicyclic amines) is 1. The molecule has 1 aliphatic rings. The number of amides is 2. The van der Waals surface area contributed by atoms with Gasteiger partial charge in [0.25, 0.3) is 5.91 Å². The molecule has 28 heavy (non-hydrogen) atoms. The number of hydrogen-bond donors (Lipinski definition) is 2. The van der Waals surface area contributed by atoms with E-state index in [4.69, 9.17) is 0 Å². The van der Waals surface area contributed by atoms with E-state index in [0.29, 0.717) is 25.3 Å². The second kappa shape index (κ2) is 7.84. The first-order chi connectivity index (χ1) is 13.6. The van der Waals surface area contributed by atoms with Gasteiger partial charge in [0.2, 0.25) is 5.91 Å². The Hall–Kier alpha value is -3.15. The van der Waals surface area contributed by atoms with E-state index in [2.05, 4.69) is 10.3 Å². The summed E-state index contributed by atoms with van der Waals surface area (Å²) in [6, 6.07) is 15.7. The molecule has 1 fully saturated rings. The largest absolute Gasteiger partial charge is 0.352 e. The van der Waals surface area contributed by atoms with Crippen molar-refractivity contribution in [2.24, 2.45) is 5.92 Å². The van der Waals surface area contributed by atoms with Crippen molar-refractivity contribution in [1.82, 2.24) is 15.2 Å². The standard InChI is InChI=1S/C22H22FN3O2/c23-18-9-7-15(8-10-18)13-24-21(27)17-5-3-11-26(14-17)22(28)20-12-16-4-1-2-6-19(16)25-20/h1-2,4,6-10,12,17,25H,3,5,11,13-14H2,(H,24,27)/t17-/m0/s1. The predicted molar refractivity (Wildman–Crippen MR) is 105 cm³/mol. The summed E-state index contributed by atoms with van der Waals surface area (Å²) in [6.07, 6.45) is 1.55. The average molecular weight is 379 g/mol. The Kier molecular flexibility index (Phi) is 5.10. The lowest BCUT2D eigenvalue weighted by molar-refractivity contribution is -0.126. The fourth-order valence-electron chi connectivity index (χ4n) is 3.67.